The number of carbonyl (C=O) groups is 2. The van der Waals surface area contributed by atoms with Crippen molar-refractivity contribution in [2.45, 2.75) is 51.8 Å². The SMILES string of the molecule is CCN1CN(C(C)C)C(=O)c2c(C(=O)Nc3cccc(C(F)(C(F)(F)F)C(F)(F)F)c3C)cccc21. The third-order valence-corrected chi connectivity index (χ3v) is 6.17. The van der Waals surface area contributed by atoms with Gasteiger partial charge in [-0.15, -0.1) is 0 Å². The summed E-state index contributed by atoms with van der Waals surface area (Å²) in [7, 11) is 0. The number of amides is 2. The Bertz CT molecular complexity index is 1160. The van der Waals surface area contributed by atoms with E-state index in [1.165, 1.54) is 17.0 Å². The van der Waals surface area contributed by atoms with Crippen LogP contribution in [0.1, 0.15) is 52.6 Å². The number of nitrogens with one attached hydrogen (secondary N) is 1. The van der Waals surface area contributed by atoms with Crippen molar-refractivity contribution in [2.24, 2.45) is 0 Å². The molecule has 0 aliphatic carbocycles. The molecule has 0 fully saturated rings. The quantitative estimate of drug-likeness (QED) is 0.480. The van der Waals surface area contributed by atoms with Gasteiger partial charge in [-0.05, 0) is 51.5 Å². The molecule has 0 bridgehead atoms. The molecular formula is C24H24F7N3O2. The van der Waals surface area contributed by atoms with Gasteiger partial charge in [-0.2, -0.15) is 26.3 Å². The van der Waals surface area contributed by atoms with Gasteiger partial charge in [0.25, 0.3) is 11.8 Å². The van der Waals surface area contributed by atoms with Crippen LogP contribution in [-0.4, -0.2) is 48.3 Å². The summed E-state index contributed by atoms with van der Waals surface area (Å²) in [5, 5.41) is 2.26. The van der Waals surface area contributed by atoms with Gasteiger partial charge in [0.15, 0.2) is 0 Å². The zero-order valence-corrected chi connectivity index (χ0v) is 19.8. The molecule has 0 spiro atoms. The van der Waals surface area contributed by atoms with Crippen LogP contribution >= 0.6 is 0 Å². The van der Waals surface area contributed by atoms with Gasteiger partial charge >= 0.3 is 18.0 Å². The van der Waals surface area contributed by atoms with Crippen molar-refractivity contribution < 1.29 is 40.3 Å². The number of nitrogens with zero attached hydrogens (tertiary/aromatic N) is 2. The molecule has 12 heteroatoms. The summed E-state index contributed by atoms with van der Waals surface area (Å²) in [4.78, 5) is 29.7. The molecule has 2 aromatic rings. The minimum absolute atomic E-state index is 0.0519. The zero-order chi connectivity index (χ0) is 27.2. The van der Waals surface area contributed by atoms with Crippen LogP contribution in [0.3, 0.4) is 0 Å². The Morgan fingerprint density at radius 1 is 1.00 bits per heavy atom. The number of hydrogen-bond acceptors (Lipinski definition) is 3. The average molecular weight is 519 g/mol. The van der Waals surface area contributed by atoms with Crippen molar-refractivity contribution in [1.82, 2.24) is 4.90 Å². The van der Waals surface area contributed by atoms with E-state index in [9.17, 15) is 40.3 Å². The number of rotatable bonds is 5. The largest absolute Gasteiger partial charge is 0.435 e. The van der Waals surface area contributed by atoms with E-state index in [0.29, 0.717) is 18.3 Å². The predicted octanol–water partition coefficient (Wildman–Crippen LogP) is 6.18. The van der Waals surface area contributed by atoms with E-state index < -0.39 is 46.7 Å². The third kappa shape index (κ3) is 4.37. The standard InChI is InChI=1S/C24H24F7N3O2/c1-5-33-12-34(13(2)3)21(36)19-15(8-6-11-18(19)33)20(35)32-17-10-7-9-16(14(17)4)22(25,23(26,27)28)24(29,30)31/h6-11,13H,5,12H2,1-4H3,(H,32,35). The zero-order valence-electron chi connectivity index (χ0n) is 19.8. The first-order valence-electron chi connectivity index (χ1n) is 11.0. The lowest BCUT2D eigenvalue weighted by Gasteiger charge is -2.40. The molecule has 0 saturated heterocycles. The van der Waals surface area contributed by atoms with Gasteiger partial charge in [0, 0.05) is 23.8 Å². The van der Waals surface area contributed by atoms with Crippen LogP contribution in [0.5, 0.6) is 0 Å². The van der Waals surface area contributed by atoms with Crippen molar-refractivity contribution in [2.75, 3.05) is 23.4 Å². The van der Waals surface area contributed by atoms with Crippen LogP contribution in [0.25, 0.3) is 0 Å². The monoisotopic (exact) mass is 519 g/mol. The van der Waals surface area contributed by atoms with Crippen molar-refractivity contribution in [1.29, 1.82) is 0 Å². The van der Waals surface area contributed by atoms with Gasteiger partial charge in [0.1, 0.15) is 0 Å². The highest BCUT2D eigenvalue weighted by molar-refractivity contribution is 6.15. The molecular weight excluding hydrogens is 495 g/mol. The van der Waals surface area contributed by atoms with Crippen molar-refractivity contribution in [3.63, 3.8) is 0 Å². The van der Waals surface area contributed by atoms with Crippen LogP contribution in [0.4, 0.5) is 42.1 Å². The maximum atomic E-state index is 14.7. The first-order chi connectivity index (χ1) is 16.6. The molecule has 1 aliphatic heterocycles. The summed E-state index contributed by atoms with van der Waals surface area (Å²) < 4.78 is 94.5. The van der Waals surface area contributed by atoms with Gasteiger partial charge in [0.2, 0.25) is 0 Å². The second-order valence-corrected chi connectivity index (χ2v) is 8.65. The van der Waals surface area contributed by atoms with Crippen LogP contribution in [0.15, 0.2) is 36.4 Å². The second-order valence-electron chi connectivity index (χ2n) is 8.65. The highest BCUT2D eigenvalue weighted by atomic mass is 19.4. The Hall–Kier alpha value is -3.31. The number of hydrogen-bond donors (Lipinski definition) is 1. The fourth-order valence-electron chi connectivity index (χ4n) is 4.15. The molecule has 0 atom stereocenters. The molecule has 5 nitrogen and oxygen atoms in total. The molecule has 1 N–H and O–H groups in total. The molecule has 36 heavy (non-hydrogen) atoms. The molecule has 0 radical (unpaired) electrons. The summed E-state index contributed by atoms with van der Waals surface area (Å²) in [5.74, 6) is -1.39. The van der Waals surface area contributed by atoms with E-state index in [4.69, 9.17) is 0 Å². The summed E-state index contributed by atoms with van der Waals surface area (Å²) in [5.41, 5.74) is -8.14. The van der Waals surface area contributed by atoms with Gasteiger partial charge in [-0.3, -0.25) is 9.59 Å². The summed E-state index contributed by atoms with van der Waals surface area (Å²) >= 11 is 0. The number of benzene rings is 2. The van der Waals surface area contributed by atoms with Crippen LogP contribution in [-0.2, 0) is 5.67 Å². The average Bonchev–Trinajstić information content (AvgIpc) is 2.78. The lowest BCUT2D eigenvalue weighted by Crippen LogP contribution is -2.50. The molecule has 196 valence electrons. The lowest BCUT2D eigenvalue weighted by molar-refractivity contribution is -0.348. The smallest absolute Gasteiger partial charge is 0.353 e. The molecule has 0 aromatic heterocycles. The third-order valence-electron chi connectivity index (χ3n) is 6.17. The Balaban J connectivity index is 2.08. The fourth-order valence-corrected chi connectivity index (χ4v) is 4.15. The molecule has 0 unspecified atom stereocenters. The predicted molar refractivity (Wildman–Crippen MR) is 120 cm³/mol. The Kier molecular flexibility index (Phi) is 7.04. The minimum Gasteiger partial charge on any atom is -0.353 e. The van der Waals surface area contributed by atoms with E-state index in [-0.39, 0.29) is 23.8 Å². The van der Waals surface area contributed by atoms with Gasteiger partial charge < -0.3 is 15.1 Å². The van der Waals surface area contributed by atoms with E-state index >= 15 is 0 Å². The Labute approximate surface area is 202 Å². The first kappa shape index (κ1) is 27.3. The molecule has 2 aromatic carbocycles. The fraction of sp³-hybridized carbons (Fsp3) is 0.417. The summed E-state index contributed by atoms with van der Waals surface area (Å²) in [6, 6.07) is 6.48. The maximum Gasteiger partial charge on any atom is 0.435 e. The molecule has 2 amide bonds. The van der Waals surface area contributed by atoms with Crippen LogP contribution in [0.2, 0.25) is 0 Å². The van der Waals surface area contributed by atoms with Crippen molar-refractivity contribution in [3.05, 3.63) is 58.7 Å². The lowest BCUT2D eigenvalue weighted by atomic mass is 9.89. The number of alkyl halides is 7. The van der Waals surface area contributed by atoms with Crippen molar-refractivity contribution >= 4 is 23.2 Å². The molecule has 1 heterocycles. The highest BCUT2D eigenvalue weighted by Crippen LogP contribution is 2.54. The Morgan fingerprint density at radius 2 is 1.58 bits per heavy atom. The van der Waals surface area contributed by atoms with E-state index in [0.717, 1.165) is 19.1 Å². The van der Waals surface area contributed by atoms with Gasteiger partial charge in [0.05, 0.1) is 23.5 Å². The second kappa shape index (κ2) is 9.29. The minimum atomic E-state index is -6.30. The van der Waals surface area contributed by atoms with E-state index in [2.05, 4.69) is 5.32 Å². The molecule has 1 aliphatic rings. The molecule has 0 saturated carbocycles. The van der Waals surface area contributed by atoms with Crippen molar-refractivity contribution in [3.8, 4) is 0 Å². The number of carbonyl (C=O) groups excluding carboxylic acids is 2. The summed E-state index contributed by atoms with van der Waals surface area (Å²) in [6.45, 7) is 7.06. The topological polar surface area (TPSA) is 52.7 Å². The Morgan fingerprint density at radius 3 is 2.11 bits per heavy atom. The first-order valence-corrected chi connectivity index (χ1v) is 11.0. The van der Waals surface area contributed by atoms with Crippen LogP contribution < -0.4 is 10.2 Å². The summed E-state index contributed by atoms with van der Waals surface area (Å²) in [6.07, 6.45) is -12.6. The normalized spacial score (nSPS) is 14.8. The molecule has 3 rings (SSSR count). The van der Waals surface area contributed by atoms with Gasteiger partial charge in [-0.1, -0.05) is 18.2 Å². The van der Waals surface area contributed by atoms with Crippen LogP contribution in [0, 0.1) is 6.92 Å². The van der Waals surface area contributed by atoms with Gasteiger partial charge in [-0.25, -0.2) is 4.39 Å². The van der Waals surface area contributed by atoms with E-state index in [1.807, 2.05) is 11.8 Å². The number of anilines is 2. The number of halogens is 7. The highest BCUT2D eigenvalue weighted by Gasteiger charge is 2.74. The van der Waals surface area contributed by atoms with E-state index in [1.54, 1.807) is 19.9 Å². The number of fused-ring (bicyclic) bond motifs is 1. The maximum absolute atomic E-state index is 14.7.